The molecule has 1 N–H and O–H groups in total. The van der Waals surface area contributed by atoms with Gasteiger partial charge in [-0.1, -0.05) is 12.0 Å². The molecule has 0 bridgehead atoms. The molecule has 1 heterocycles. The molecule has 2 atom stereocenters. The van der Waals surface area contributed by atoms with Gasteiger partial charge in [-0.15, -0.1) is 13.0 Å². The summed E-state index contributed by atoms with van der Waals surface area (Å²) in [5, 5.41) is 9.33. The SMILES string of the molecule is C#C[C@@H](O)[C@@H]1COC(=O)N1CC=C. The quantitative estimate of drug-likeness (QED) is 0.492. The van der Waals surface area contributed by atoms with Crippen molar-refractivity contribution < 1.29 is 14.6 Å². The summed E-state index contributed by atoms with van der Waals surface area (Å²) >= 11 is 0. The van der Waals surface area contributed by atoms with Crippen LogP contribution in [0.2, 0.25) is 0 Å². The summed E-state index contributed by atoms with van der Waals surface area (Å²) in [4.78, 5) is 12.4. The fraction of sp³-hybridized carbons (Fsp3) is 0.444. The van der Waals surface area contributed by atoms with E-state index < -0.39 is 18.2 Å². The Labute approximate surface area is 76.8 Å². The molecule has 1 amide bonds. The third-order valence-electron chi connectivity index (χ3n) is 1.87. The molecule has 4 heteroatoms. The lowest BCUT2D eigenvalue weighted by atomic mass is 10.1. The average molecular weight is 181 g/mol. The second-order valence-electron chi connectivity index (χ2n) is 2.70. The van der Waals surface area contributed by atoms with Crippen molar-refractivity contribution in [3.8, 4) is 12.3 Å². The van der Waals surface area contributed by atoms with Crippen LogP contribution in [0.4, 0.5) is 4.79 Å². The summed E-state index contributed by atoms with van der Waals surface area (Å²) in [6.07, 6.45) is 5.16. The molecular weight excluding hydrogens is 170 g/mol. The Bertz CT molecular complexity index is 256. The summed E-state index contributed by atoms with van der Waals surface area (Å²) in [5.41, 5.74) is 0. The predicted molar refractivity (Wildman–Crippen MR) is 46.9 cm³/mol. The highest BCUT2D eigenvalue weighted by atomic mass is 16.6. The Kier molecular flexibility index (Phi) is 2.93. The van der Waals surface area contributed by atoms with Crippen LogP contribution in [0.1, 0.15) is 0 Å². The Balaban J connectivity index is 2.70. The van der Waals surface area contributed by atoms with Crippen molar-refractivity contribution in [1.29, 1.82) is 0 Å². The van der Waals surface area contributed by atoms with E-state index >= 15 is 0 Å². The maximum Gasteiger partial charge on any atom is 0.410 e. The Hall–Kier alpha value is -1.47. The molecule has 13 heavy (non-hydrogen) atoms. The zero-order valence-corrected chi connectivity index (χ0v) is 7.14. The third kappa shape index (κ3) is 1.82. The van der Waals surface area contributed by atoms with Crippen molar-refractivity contribution in [2.75, 3.05) is 13.2 Å². The van der Waals surface area contributed by atoms with Gasteiger partial charge in [0.25, 0.3) is 0 Å². The van der Waals surface area contributed by atoms with Gasteiger partial charge in [0.15, 0.2) is 0 Å². The first kappa shape index (κ1) is 9.62. The van der Waals surface area contributed by atoms with E-state index in [2.05, 4.69) is 12.5 Å². The second kappa shape index (κ2) is 3.97. The molecule has 1 saturated heterocycles. The molecule has 1 fully saturated rings. The van der Waals surface area contributed by atoms with E-state index in [9.17, 15) is 9.90 Å². The molecular formula is C9H11NO3. The first-order valence-corrected chi connectivity index (χ1v) is 3.89. The summed E-state index contributed by atoms with van der Waals surface area (Å²) in [5.74, 6) is 2.16. The minimum Gasteiger partial charge on any atom is -0.447 e. The number of carbonyl (C=O) groups excluding carboxylic acids is 1. The van der Waals surface area contributed by atoms with E-state index in [1.54, 1.807) is 6.08 Å². The number of nitrogens with zero attached hydrogens (tertiary/aromatic N) is 1. The minimum atomic E-state index is -0.980. The number of rotatable bonds is 3. The number of carbonyl (C=O) groups is 1. The van der Waals surface area contributed by atoms with Crippen LogP contribution in [0.25, 0.3) is 0 Å². The predicted octanol–water partition coefficient (Wildman–Crippen LogP) is -0.0127. The van der Waals surface area contributed by atoms with Gasteiger partial charge in [-0.05, 0) is 0 Å². The largest absolute Gasteiger partial charge is 0.447 e. The average Bonchev–Trinajstić information content (AvgIpc) is 2.48. The van der Waals surface area contributed by atoms with Crippen LogP contribution < -0.4 is 0 Å². The van der Waals surface area contributed by atoms with Crippen LogP contribution in [0.15, 0.2) is 12.7 Å². The van der Waals surface area contributed by atoms with Gasteiger partial charge in [-0.3, -0.25) is 4.90 Å². The number of terminal acetylenes is 1. The van der Waals surface area contributed by atoms with E-state index in [4.69, 9.17) is 11.2 Å². The standard InChI is InChI=1S/C9H11NO3/c1-3-5-10-7(8(11)4-2)6-13-9(10)12/h2-3,7-8,11H,1,5-6H2/t7-,8+/m0/s1. The van der Waals surface area contributed by atoms with E-state index in [0.717, 1.165) is 0 Å². The van der Waals surface area contributed by atoms with Gasteiger partial charge < -0.3 is 9.84 Å². The molecule has 1 aliphatic rings. The first-order chi connectivity index (χ1) is 6.20. The number of hydrogen-bond donors (Lipinski definition) is 1. The molecule has 0 aromatic rings. The normalized spacial score (nSPS) is 23.5. The zero-order valence-electron chi connectivity index (χ0n) is 7.14. The van der Waals surface area contributed by atoms with Gasteiger partial charge in [-0.25, -0.2) is 4.79 Å². The smallest absolute Gasteiger partial charge is 0.410 e. The van der Waals surface area contributed by atoms with E-state index in [1.165, 1.54) is 4.90 Å². The van der Waals surface area contributed by atoms with Gasteiger partial charge >= 0.3 is 6.09 Å². The molecule has 0 spiro atoms. The maximum absolute atomic E-state index is 11.1. The van der Waals surface area contributed by atoms with Crippen LogP contribution in [-0.2, 0) is 4.74 Å². The Morgan fingerprint density at radius 1 is 2.00 bits per heavy atom. The fourth-order valence-corrected chi connectivity index (χ4v) is 1.19. The molecule has 0 aliphatic carbocycles. The number of amides is 1. The summed E-state index contributed by atoms with van der Waals surface area (Å²) in [6.45, 7) is 3.97. The molecule has 0 radical (unpaired) electrons. The molecule has 0 saturated carbocycles. The number of aliphatic hydroxyl groups excluding tert-OH is 1. The van der Waals surface area contributed by atoms with Gasteiger partial charge in [0.1, 0.15) is 18.8 Å². The molecule has 1 rings (SSSR count). The molecule has 4 nitrogen and oxygen atoms in total. The van der Waals surface area contributed by atoms with Crippen LogP contribution in [0.5, 0.6) is 0 Å². The van der Waals surface area contributed by atoms with E-state index in [1.807, 2.05) is 0 Å². The van der Waals surface area contributed by atoms with Crippen LogP contribution in [0.3, 0.4) is 0 Å². The fourth-order valence-electron chi connectivity index (χ4n) is 1.19. The number of aliphatic hydroxyl groups is 1. The number of hydrogen-bond acceptors (Lipinski definition) is 3. The number of ether oxygens (including phenoxy) is 1. The van der Waals surface area contributed by atoms with Crippen LogP contribution in [-0.4, -0.2) is 41.4 Å². The second-order valence-corrected chi connectivity index (χ2v) is 2.70. The summed E-state index contributed by atoms with van der Waals surface area (Å²) in [6, 6.07) is -0.449. The number of cyclic esters (lactones) is 1. The Morgan fingerprint density at radius 2 is 2.69 bits per heavy atom. The lowest BCUT2D eigenvalue weighted by Gasteiger charge is -2.20. The Morgan fingerprint density at radius 3 is 3.23 bits per heavy atom. The van der Waals surface area contributed by atoms with Crippen molar-refractivity contribution in [3.05, 3.63) is 12.7 Å². The van der Waals surface area contributed by atoms with Crippen molar-refractivity contribution >= 4 is 6.09 Å². The topological polar surface area (TPSA) is 49.8 Å². The summed E-state index contributed by atoms with van der Waals surface area (Å²) in [7, 11) is 0. The highest BCUT2D eigenvalue weighted by Crippen LogP contribution is 2.14. The highest BCUT2D eigenvalue weighted by Gasteiger charge is 2.36. The minimum absolute atomic E-state index is 0.137. The van der Waals surface area contributed by atoms with Crippen LogP contribution in [0, 0.1) is 12.3 Å². The van der Waals surface area contributed by atoms with Crippen molar-refractivity contribution in [3.63, 3.8) is 0 Å². The van der Waals surface area contributed by atoms with Gasteiger partial charge in [0.05, 0.1) is 0 Å². The molecule has 1 aliphatic heterocycles. The first-order valence-electron chi connectivity index (χ1n) is 3.89. The third-order valence-corrected chi connectivity index (χ3v) is 1.87. The molecule has 0 unspecified atom stereocenters. The lowest BCUT2D eigenvalue weighted by Crippen LogP contribution is -2.41. The summed E-state index contributed by atoms with van der Waals surface area (Å²) < 4.78 is 4.74. The van der Waals surface area contributed by atoms with E-state index in [-0.39, 0.29) is 6.61 Å². The van der Waals surface area contributed by atoms with Gasteiger partial charge in [-0.2, -0.15) is 0 Å². The molecule has 0 aromatic heterocycles. The van der Waals surface area contributed by atoms with Gasteiger partial charge in [0.2, 0.25) is 0 Å². The van der Waals surface area contributed by atoms with Crippen molar-refractivity contribution in [1.82, 2.24) is 4.90 Å². The monoisotopic (exact) mass is 181 g/mol. The lowest BCUT2D eigenvalue weighted by molar-refractivity contribution is 0.134. The maximum atomic E-state index is 11.1. The zero-order chi connectivity index (χ0) is 9.84. The van der Waals surface area contributed by atoms with Crippen molar-refractivity contribution in [2.45, 2.75) is 12.1 Å². The van der Waals surface area contributed by atoms with E-state index in [0.29, 0.717) is 6.54 Å². The molecule has 70 valence electrons. The van der Waals surface area contributed by atoms with Gasteiger partial charge in [0, 0.05) is 6.54 Å². The highest BCUT2D eigenvalue weighted by molar-refractivity contribution is 5.70. The molecule has 0 aromatic carbocycles. The van der Waals surface area contributed by atoms with Crippen molar-refractivity contribution in [2.24, 2.45) is 0 Å². The van der Waals surface area contributed by atoms with Crippen LogP contribution >= 0.6 is 0 Å².